The molecule has 0 amide bonds. The lowest BCUT2D eigenvalue weighted by atomic mass is 10.1. The van der Waals surface area contributed by atoms with Crippen LogP contribution in [0.5, 0.6) is 0 Å². The van der Waals surface area contributed by atoms with Gasteiger partial charge in [-0.05, 0) is 45.2 Å². The zero-order valence-corrected chi connectivity index (χ0v) is 10.9. The summed E-state index contributed by atoms with van der Waals surface area (Å²) in [5.41, 5.74) is 0. The molecule has 0 radical (unpaired) electrons. The minimum atomic E-state index is 0.798. The second kappa shape index (κ2) is 6.61. The first kappa shape index (κ1) is 12.4. The molecule has 1 atom stereocenters. The van der Waals surface area contributed by atoms with E-state index in [2.05, 4.69) is 17.1 Å². The van der Waals surface area contributed by atoms with Crippen LogP contribution in [0.2, 0.25) is 0 Å². The topological polar surface area (TPSA) is 15.3 Å². The van der Waals surface area contributed by atoms with Gasteiger partial charge in [0, 0.05) is 18.6 Å². The minimum Gasteiger partial charge on any atom is -0.313 e. The van der Waals surface area contributed by atoms with E-state index in [1.165, 1.54) is 71.0 Å². The molecule has 2 rings (SSSR count). The first-order valence-corrected chi connectivity index (χ1v) is 7.37. The Morgan fingerprint density at radius 3 is 2.62 bits per heavy atom. The smallest absolute Gasteiger partial charge is 0.0195 e. The second-order valence-corrected chi connectivity index (χ2v) is 5.58. The Morgan fingerprint density at radius 2 is 2.00 bits per heavy atom. The molecule has 1 heterocycles. The fourth-order valence-corrected chi connectivity index (χ4v) is 2.80. The van der Waals surface area contributed by atoms with E-state index in [4.69, 9.17) is 0 Å². The summed E-state index contributed by atoms with van der Waals surface area (Å²) >= 11 is 0. The summed E-state index contributed by atoms with van der Waals surface area (Å²) in [6.07, 6.45) is 11.3. The SMILES string of the molecule is CCCCCCN(CC1CCCN1)C1CC1. The van der Waals surface area contributed by atoms with Crippen LogP contribution in [0.4, 0.5) is 0 Å². The van der Waals surface area contributed by atoms with Crippen molar-refractivity contribution in [3.8, 4) is 0 Å². The Bertz CT molecular complexity index is 183. The van der Waals surface area contributed by atoms with Crippen LogP contribution in [-0.4, -0.2) is 36.6 Å². The van der Waals surface area contributed by atoms with E-state index in [0.29, 0.717) is 0 Å². The monoisotopic (exact) mass is 224 g/mol. The fraction of sp³-hybridized carbons (Fsp3) is 1.00. The van der Waals surface area contributed by atoms with Crippen molar-refractivity contribution < 1.29 is 0 Å². The third kappa shape index (κ3) is 4.06. The summed E-state index contributed by atoms with van der Waals surface area (Å²) in [7, 11) is 0. The second-order valence-electron chi connectivity index (χ2n) is 5.58. The van der Waals surface area contributed by atoms with Gasteiger partial charge in [-0.3, -0.25) is 4.90 Å². The lowest BCUT2D eigenvalue weighted by Gasteiger charge is -2.25. The largest absolute Gasteiger partial charge is 0.313 e. The highest BCUT2D eigenvalue weighted by molar-refractivity contribution is 4.88. The van der Waals surface area contributed by atoms with Crippen molar-refractivity contribution in [1.82, 2.24) is 10.2 Å². The molecule has 2 aliphatic rings. The fourth-order valence-electron chi connectivity index (χ4n) is 2.80. The molecule has 1 saturated carbocycles. The van der Waals surface area contributed by atoms with Gasteiger partial charge in [0.1, 0.15) is 0 Å². The van der Waals surface area contributed by atoms with Crippen LogP contribution >= 0.6 is 0 Å². The van der Waals surface area contributed by atoms with E-state index in [-0.39, 0.29) is 0 Å². The van der Waals surface area contributed by atoms with E-state index >= 15 is 0 Å². The first-order valence-electron chi connectivity index (χ1n) is 7.37. The third-order valence-corrected chi connectivity index (χ3v) is 3.98. The van der Waals surface area contributed by atoms with Crippen molar-refractivity contribution in [1.29, 1.82) is 0 Å². The van der Waals surface area contributed by atoms with E-state index in [9.17, 15) is 0 Å². The Kier molecular flexibility index (Phi) is 5.11. The van der Waals surface area contributed by atoms with Crippen LogP contribution in [-0.2, 0) is 0 Å². The van der Waals surface area contributed by atoms with Crippen molar-refractivity contribution in [3.63, 3.8) is 0 Å². The highest BCUT2D eigenvalue weighted by Gasteiger charge is 2.30. The predicted molar refractivity (Wildman–Crippen MR) is 69.8 cm³/mol. The third-order valence-electron chi connectivity index (χ3n) is 3.98. The standard InChI is InChI=1S/C14H28N2/c1-2-3-4-5-11-16(14-8-9-14)12-13-7-6-10-15-13/h13-15H,2-12H2,1H3. The van der Waals surface area contributed by atoms with Crippen LogP contribution in [0.3, 0.4) is 0 Å². The molecule has 1 aliphatic carbocycles. The lowest BCUT2D eigenvalue weighted by Crippen LogP contribution is -2.39. The Hall–Kier alpha value is -0.0800. The van der Waals surface area contributed by atoms with E-state index < -0.39 is 0 Å². The van der Waals surface area contributed by atoms with E-state index in [1.807, 2.05) is 0 Å². The highest BCUT2D eigenvalue weighted by atomic mass is 15.2. The predicted octanol–water partition coefficient (Wildman–Crippen LogP) is 2.78. The van der Waals surface area contributed by atoms with Gasteiger partial charge >= 0.3 is 0 Å². The molecular weight excluding hydrogens is 196 g/mol. The normalized spacial score (nSPS) is 25.5. The molecule has 0 spiro atoms. The van der Waals surface area contributed by atoms with E-state index in [1.54, 1.807) is 0 Å². The molecule has 0 aromatic rings. The molecule has 2 nitrogen and oxygen atoms in total. The number of hydrogen-bond donors (Lipinski definition) is 1. The maximum atomic E-state index is 3.63. The molecule has 1 aliphatic heterocycles. The summed E-state index contributed by atoms with van der Waals surface area (Å²) in [4.78, 5) is 2.76. The molecule has 2 fully saturated rings. The van der Waals surface area contributed by atoms with Gasteiger partial charge in [-0.25, -0.2) is 0 Å². The summed E-state index contributed by atoms with van der Waals surface area (Å²) in [5, 5.41) is 3.63. The first-order chi connectivity index (χ1) is 7.90. The van der Waals surface area contributed by atoms with Crippen molar-refractivity contribution in [2.75, 3.05) is 19.6 Å². The summed E-state index contributed by atoms with van der Waals surface area (Å²) in [6.45, 7) is 6.21. The van der Waals surface area contributed by atoms with Gasteiger partial charge in [-0.15, -0.1) is 0 Å². The summed E-state index contributed by atoms with van der Waals surface area (Å²) in [6, 6.07) is 1.75. The van der Waals surface area contributed by atoms with Gasteiger partial charge < -0.3 is 5.32 Å². The van der Waals surface area contributed by atoms with E-state index in [0.717, 1.165) is 12.1 Å². The molecule has 0 bridgehead atoms. The van der Waals surface area contributed by atoms with Crippen molar-refractivity contribution in [2.24, 2.45) is 0 Å². The zero-order chi connectivity index (χ0) is 11.2. The minimum absolute atomic E-state index is 0.798. The van der Waals surface area contributed by atoms with Crippen LogP contribution in [0, 0.1) is 0 Å². The maximum absolute atomic E-state index is 3.63. The van der Waals surface area contributed by atoms with Crippen molar-refractivity contribution in [3.05, 3.63) is 0 Å². The number of nitrogens with zero attached hydrogens (tertiary/aromatic N) is 1. The number of nitrogens with one attached hydrogen (secondary N) is 1. The van der Waals surface area contributed by atoms with Gasteiger partial charge in [0.25, 0.3) is 0 Å². The number of rotatable bonds is 8. The Labute approximate surface area is 101 Å². The Balaban J connectivity index is 1.63. The number of hydrogen-bond acceptors (Lipinski definition) is 2. The molecule has 16 heavy (non-hydrogen) atoms. The summed E-state index contributed by atoms with van der Waals surface area (Å²) < 4.78 is 0. The molecule has 0 aromatic heterocycles. The van der Waals surface area contributed by atoms with Gasteiger partial charge in [0.2, 0.25) is 0 Å². The molecule has 1 N–H and O–H groups in total. The van der Waals surface area contributed by atoms with Gasteiger partial charge in [0.15, 0.2) is 0 Å². The van der Waals surface area contributed by atoms with Gasteiger partial charge in [0.05, 0.1) is 0 Å². The van der Waals surface area contributed by atoms with Crippen molar-refractivity contribution in [2.45, 2.75) is 70.4 Å². The molecule has 1 saturated heterocycles. The molecule has 0 aromatic carbocycles. The van der Waals surface area contributed by atoms with Crippen molar-refractivity contribution >= 4 is 0 Å². The molecular formula is C14H28N2. The maximum Gasteiger partial charge on any atom is 0.0195 e. The van der Waals surface area contributed by atoms with Crippen LogP contribution in [0.1, 0.15) is 58.3 Å². The Morgan fingerprint density at radius 1 is 1.12 bits per heavy atom. The molecule has 1 unspecified atom stereocenters. The zero-order valence-electron chi connectivity index (χ0n) is 10.9. The average Bonchev–Trinajstić information content (AvgIpc) is 3.02. The molecule has 2 heteroatoms. The highest BCUT2D eigenvalue weighted by Crippen LogP contribution is 2.28. The van der Waals surface area contributed by atoms with Gasteiger partial charge in [-0.2, -0.15) is 0 Å². The van der Waals surface area contributed by atoms with Crippen LogP contribution in [0.15, 0.2) is 0 Å². The lowest BCUT2D eigenvalue weighted by molar-refractivity contribution is 0.234. The van der Waals surface area contributed by atoms with Gasteiger partial charge in [-0.1, -0.05) is 26.2 Å². The average molecular weight is 224 g/mol. The number of unbranched alkanes of at least 4 members (excludes halogenated alkanes) is 3. The van der Waals surface area contributed by atoms with Crippen LogP contribution in [0.25, 0.3) is 0 Å². The molecule has 94 valence electrons. The quantitative estimate of drug-likeness (QED) is 0.638. The summed E-state index contributed by atoms with van der Waals surface area (Å²) in [5.74, 6) is 0. The van der Waals surface area contributed by atoms with Crippen LogP contribution < -0.4 is 5.32 Å².